The van der Waals surface area contributed by atoms with Gasteiger partial charge in [-0.05, 0) is 18.8 Å². The summed E-state index contributed by atoms with van der Waals surface area (Å²) in [6.07, 6.45) is 2.04. The van der Waals surface area contributed by atoms with E-state index in [1.807, 2.05) is 6.92 Å². The second-order valence-electron chi connectivity index (χ2n) is 4.94. The van der Waals surface area contributed by atoms with Gasteiger partial charge in [0.1, 0.15) is 6.04 Å². The number of nitrogens with one attached hydrogen (secondary N) is 2. The molecule has 6 nitrogen and oxygen atoms in total. The lowest BCUT2D eigenvalue weighted by Gasteiger charge is -2.25. The van der Waals surface area contributed by atoms with Gasteiger partial charge in [0.05, 0.1) is 0 Å². The second-order valence-corrected chi connectivity index (χ2v) is 6.64. The van der Waals surface area contributed by atoms with Gasteiger partial charge in [0.25, 0.3) is 0 Å². The zero-order chi connectivity index (χ0) is 14.4. The number of carbonyl (C=O) groups is 2. The fourth-order valence-corrected chi connectivity index (χ4v) is 3.29. The van der Waals surface area contributed by atoms with E-state index in [-0.39, 0.29) is 12.0 Å². The number of hydrogen-bond acceptors (Lipinski definition) is 3. The highest BCUT2D eigenvalue weighted by atomic mass is 32.2. The van der Waals surface area contributed by atoms with Crippen LogP contribution in [0.3, 0.4) is 0 Å². The molecule has 0 saturated carbocycles. The molecule has 1 aliphatic rings. The Kier molecular flexibility index (Phi) is 6.27. The van der Waals surface area contributed by atoms with Gasteiger partial charge in [0.15, 0.2) is 0 Å². The Labute approximate surface area is 115 Å². The zero-order valence-electron chi connectivity index (χ0n) is 11.3. The van der Waals surface area contributed by atoms with Crippen LogP contribution in [0.5, 0.6) is 0 Å². The molecule has 1 heterocycles. The van der Waals surface area contributed by atoms with E-state index in [9.17, 15) is 13.8 Å². The van der Waals surface area contributed by atoms with E-state index in [0.29, 0.717) is 30.8 Å². The number of amides is 2. The van der Waals surface area contributed by atoms with Crippen LogP contribution in [0.15, 0.2) is 0 Å². The molecule has 1 saturated heterocycles. The van der Waals surface area contributed by atoms with Gasteiger partial charge in [-0.1, -0.05) is 20.3 Å². The monoisotopic (exact) mass is 290 g/mol. The van der Waals surface area contributed by atoms with Crippen molar-refractivity contribution >= 4 is 22.8 Å². The molecule has 0 aromatic heterocycles. The van der Waals surface area contributed by atoms with Crippen molar-refractivity contribution in [1.29, 1.82) is 0 Å². The highest BCUT2D eigenvalue weighted by molar-refractivity contribution is 7.85. The SMILES string of the molecule is CC[C@H](C)[C@H](NC(=O)NC1CCS(=O)CC1)C(=O)O. The van der Waals surface area contributed by atoms with E-state index in [1.165, 1.54) is 0 Å². The normalized spacial score (nSPS) is 26.2. The minimum Gasteiger partial charge on any atom is -0.480 e. The number of carboxylic acid groups (broad SMARTS) is 1. The van der Waals surface area contributed by atoms with Crippen LogP contribution in [0.1, 0.15) is 33.1 Å². The van der Waals surface area contributed by atoms with Crippen LogP contribution < -0.4 is 10.6 Å². The van der Waals surface area contributed by atoms with Crippen molar-refractivity contribution in [2.75, 3.05) is 11.5 Å². The summed E-state index contributed by atoms with van der Waals surface area (Å²) in [4.78, 5) is 22.9. The van der Waals surface area contributed by atoms with E-state index in [4.69, 9.17) is 5.11 Å². The molecule has 0 spiro atoms. The molecule has 1 fully saturated rings. The molecule has 3 N–H and O–H groups in total. The number of hydrogen-bond donors (Lipinski definition) is 3. The number of carboxylic acids is 1. The number of urea groups is 1. The molecule has 0 radical (unpaired) electrons. The second kappa shape index (κ2) is 7.47. The van der Waals surface area contributed by atoms with Gasteiger partial charge >= 0.3 is 12.0 Å². The fraction of sp³-hybridized carbons (Fsp3) is 0.833. The topological polar surface area (TPSA) is 95.5 Å². The Balaban J connectivity index is 2.44. The summed E-state index contributed by atoms with van der Waals surface area (Å²) in [5.41, 5.74) is 0. The highest BCUT2D eigenvalue weighted by Gasteiger charge is 2.26. The van der Waals surface area contributed by atoms with Crippen LogP contribution in [0.25, 0.3) is 0 Å². The third-order valence-electron chi connectivity index (χ3n) is 3.49. The van der Waals surface area contributed by atoms with Gasteiger partial charge in [-0.15, -0.1) is 0 Å². The lowest BCUT2D eigenvalue weighted by Crippen LogP contribution is -2.52. The molecular weight excluding hydrogens is 268 g/mol. The van der Waals surface area contributed by atoms with Crippen molar-refractivity contribution in [3.8, 4) is 0 Å². The Hall–Kier alpha value is -1.11. The summed E-state index contributed by atoms with van der Waals surface area (Å²) in [7, 11) is -0.768. The highest BCUT2D eigenvalue weighted by Crippen LogP contribution is 2.10. The lowest BCUT2D eigenvalue weighted by atomic mass is 9.99. The molecule has 1 aliphatic heterocycles. The minimum absolute atomic E-state index is 0.0101. The predicted octanol–water partition coefficient (Wildman–Crippen LogP) is 0.696. The molecular formula is C12H22N2O4S. The maximum Gasteiger partial charge on any atom is 0.326 e. The van der Waals surface area contributed by atoms with E-state index >= 15 is 0 Å². The van der Waals surface area contributed by atoms with Crippen LogP contribution in [0.4, 0.5) is 4.79 Å². The molecule has 0 unspecified atom stereocenters. The first-order valence-electron chi connectivity index (χ1n) is 6.58. The Morgan fingerprint density at radius 2 is 1.95 bits per heavy atom. The number of aliphatic carboxylic acids is 1. The van der Waals surface area contributed by atoms with Gasteiger partial charge in [0, 0.05) is 28.3 Å². The van der Waals surface area contributed by atoms with Gasteiger partial charge in [0.2, 0.25) is 0 Å². The van der Waals surface area contributed by atoms with E-state index in [2.05, 4.69) is 10.6 Å². The number of carbonyl (C=O) groups excluding carboxylic acids is 1. The maximum absolute atomic E-state index is 11.8. The lowest BCUT2D eigenvalue weighted by molar-refractivity contribution is -0.140. The van der Waals surface area contributed by atoms with Gasteiger partial charge in [-0.2, -0.15) is 0 Å². The smallest absolute Gasteiger partial charge is 0.326 e. The third kappa shape index (κ3) is 5.18. The van der Waals surface area contributed by atoms with Gasteiger partial charge in [-0.3, -0.25) is 4.21 Å². The summed E-state index contributed by atoms with van der Waals surface area (Å²) < 4.78 is 11.2. The van der Waals surface area contributed by atoms with Crippen LogP contribution >= 0.6 is 0 Å². The van der Waals surface area contributed by atoms with E-state index < -0.39 is 28.8 Å². The third-order valence-corrected chi connectivity index (χ3v) is 4.87. The largest absolute Gasteiger partial charge is 0.480 e. The molecule has 0 aliphatic carbocycles. The molecule has 7 heteroatoms. The molecule has 0 aromatic rings. The van der Waals surface area contributed by atoms with E-state index in [0.717, 1.165) is 0 Å². The van der Waals surface area contributed by atoms with Crippen molar-refractivity contribution in [1.82, 2.24) is 10.6 Å². The first-order chi connectivity index (χ1) is 8.93. The van der Waals surface area contributed by atoms with Crippen molar-refractivity contribution < 1.29 is 18.9 Å². The summed E-state index contributed by atoms with van der Waals surface area (Å²) in [6, 6.07) is -1.34. The number of rotatable bonds is 5. The van der Waals surface area contributed by atoms with Gasteiger partial charge < -0.3 is 15.7 Å². The summed E-state index contributed by atoms with van der Waals surface area (Å²) in [5.74, 6) is 0.0495. The summed E-state index contributed by atoms with van der Waals surface area (Å²) in [5, 5.41) is 14.3. The molecule has 0 aromatic carbocycles. The Bertz CT molecular complexity index is 352. The minimum atomic E-state index is -1.02. The first kappa shape index (κ1) is 15.9. The van der Waals surface area contributed by atoms with Crippen LogP contribution in [0.2, 0.25) is 0 Å². The van der Waals surface area contributed by atoms with Crippen LogP contribution in [0, 0.1) is 5.92 Å². The molecule has 2 amide bonds. The molecule has 19 heavy (non-hydrogen) atoms. The van der Waals surface area contributed by atoms with Gasteiger partial charge in [-0.25, -0.2) is 9.59 Å². The molecule has 0 bridgehead atoms. The average Bonchev–Trinajstić information content (AvgIpc) is 2.37. The van der Waals surface area contributed by atoms with Crippen molar-refractivity contribution in [3.05, 3.63) is 0 Å². The summed E-state index contributed by atoms with van der Waals surface area (Å²) >= 11 is 0. The van der Waals surface area contributed by atoms with Crippen LogP contribution in [-0.2, 0) is 15.6 Å². The van der Waals surface area contributed by atoms with Crippen molar-refractivity contribution in [3.63, 3.8) is 0 Å². The van der Waals surface area contributed by atoms with Crippen molar-refractivity contribution in [2.45, 2.75) is 45.2 Å². The molecule has 2 atom stereocenters. The standard InChI is InChI=1S/C12H22N2O4S/c1-3-8(2)10(11(15)16)14-12(17)13-9-4-6-19(18)7-5-9/h8-10H,3-7H2,1-2H3,(H,15,16)(H2,13,14,17)/t8-,9?,10-,19?/m0/s1. The summed E-state index contributed by atoms with van der Waals surface area (Å²) in [6.45, 7) is 3.68. The average molecular weight is 290 g/mol. The quantitative estimate of drug-likeness (QED) is 0.694. The zero-order valence-corrected chi connectivity index (χ0v) is 12.2. The Morgan fingerprint density at radius 1 is 1.37 bits per heavy atom. The molecule has 1 rings (SSSR count). The fourth-order valence-electron chi connectivity index (χ4n) is 1.99. The van der Waals surface area contributed by atoms with Crippen LogP contribution in [-0.4, -0.2) is 44.9 Å². The predicted molar refractivity (Wildman–Crippen MR) is 73.4 cm³/mol. The first-order valence-corrected chi connectivity index (χ1v) is 8.07. The Morgan fingerprint density at radius 3 is 2.42 bits per heavy atom. The molecule has 110 valence electrons. The van der Waals surface area contributed by atoms with Crippen molar-refractivity contribution in [2.24, 2.45) is 5.92 Å². The maximum atomic E-state index is 11.8. The van der Waals surface area contributed by atoms with E-state index in [1.54, 1.807) is 6.92 Å².